The third kappa shape index (κ3) is 3.55. The van der Waals surface area contributed by atoms with Gasteiger partial charge in [-0.25, -0.2) is 4.98 Å². The Hall–Kier alpha value is -1.13. The summed E-state index contributed by atoms with van der Waals surface area (Å²) < 4.78 is 0. The monoisotopic (exact) mass is 289 g/mol. The number of anilines is 1. The highest BCUT2D eigenvalue weighted by Gasteiger charge is 2.25. The lowest BCUT2D eigenvalue weighted by molar-refractivity contribution is 0.141. The van der Waals surface area contributed by atoms with Crippen molar-refractivity contribution in [3.05, 3.63) is 23.9 Å². The molecule has 0 spiro atoms. The predicted octanol–water partition coefficient (Wildman–Crippen LogP) is 2.59. The van der Waals surface area contributed by atoms with E-state index in [1.807, 2.05) is 12.1 Å². The van der Waals surface area contributed by atoms with Gasteiger partial charge in [-0.3, -0.25) is 0 Å². The van der Waals surface area contributed by atoms with Gasteiger partial charge < -0.3 is 14.9 Å². The van der Waals surface area contributed by atoms with Crippen LogP contribution in [0.1, 0.15) is 50.7 Å². The minimum absolute atomic E-state index is 0.434. The molecule has 0 bridgehead atoms. The van der Waals surface area contributed by atoms with Crippen molar-refractivity contribution in [3.8, 4) is 0 Å². The molecular formula is C17H27N3O. The fraction of sp³-hybridized carbons (Fsp3) is 0.706. The first-order valence-electron chi connectivity index (χ1n) is 8.37. The summed E-state index contributed by atoms with van der Waals surface area (Å²) in [5.41, 5.74) is 0.891. The van der Waals surface area contributed by atoms with E-state index in [2.05, 4.69) is 14.8 Å². The van der Waals surface area contributed by atoms with Crippen LogP contribution in [0.25, 0.3) is 0 Å². The van der Waals surface area contributed by atoms with Gasteiger partial charge in [-0.15, -0.1) is 0 Å². The number of hydrogen-bond donors (Lipinski definition) is 1. The van der Waals surface area contributed by atoms with E-state index in [1.54, 1.807) is 13.1 Å². The lowest BCUT2D eigenvalue weighted by Crippen LogP contribution is -2.46. The second-order valence-electron chi connectivity index (χ2n) is 6.44. The molecule has 1 aromatic heterocycles. The summed E-state index contributed by atoms with van der Waals surface area (Å²) >= 11 is 0. The molecule has 0 aliphatic carbocycles. The van der Waals surface area contributed by atoms with Gasteiger partial charge in [-0.05, 0) is 57.3 Å². The Bertz CT molecular complexity index is 432. The summed E-state index contributed by atoms with van der Waals surface area (Å²) in [7, 11) is 0. The lowest BCUT2D eigenvalue weighted by Gasteiger charge is -2.40. The van der Waals surface area contributed by atoms with E-state index < -0.39 is 6.10 Å². The quantitative estimate of drug-likeness (QED) is 0.928. The predicted molar refractivity (Wildman–Crippen MR) is 85.5 cm³/mol. The fourth-order valence-corrected chi connectivity index (χ4v) is 3.58. The first-order chi connectivity index (χ1) is 10.2. The molecule has 21 heavy (non-hydrogen) atoms. The van der Waals surface area contributed by atoms with Crippen LogP contribution in [0.3, 0.4) is 0 Å². The van der Waals surface area contributed by atoms with Crippen molar-refractivity contribution in [1.29, 1.82) is 0 Å². The molecule has 2 aliphatic heterocycles. The highest BCUT2D eigenvalue weighted by atomic mass is 16.3. The van der Waals surface area contributed by atoms with Gasteiger partial charge in [0.1, 0.15) is 5.82 Å². The number of aliphatic hydroxyl groups is 1. The van der Waals surface area contributed by atoms with Gasteiger partial charge in [0.25, 0.3) is 0 Å². The number of aromatic nitrogens is 1. The van der Waals surface area contributed by atoms with Gasteiger partial charge in [0.05, 0.1) is 6.10 Å². The molecule has 1 unspecified atom stereocenters. The minimum Gasteiger partial charge on any atom is -0.389 e. The second-order valence-corrected chi connectivity index (χ2v) is 6.44. The lowest BCUT2D eigenvalue weighted by atomic mass is 10.00. The van der Waals surface area contributed by atoms with Crippen LogP contribution < -0.4 is 4.90 Å². The number of piperidine rings is 2. The van der Waals surface area contributed by atoms with Crippen LogP contribution in [0, 0.1) is 0 Å². The minimum atomic E-state index is -0.434. The Morgan fingerprint density at radius 1 is 1.10 bits per heavy atom. The largest absolute Gasteiger partial charge is 0.389 e. The van der Waals surface area contributed by atoms with Crippen LogP contribution in [0.4, 0.5) is 5.82 Å². The van der Waals surface area contributed by atoms with Crippen LogP contribution in [0.15, 0.2) is 18.3 Å². The average Bonchev–Trinajstić information content (AvgIpc) is 2.56. The molecule has 116 valence electrons. The van der Waals surface area contributed by atoms with Gasteiger partial charge in [0, 0.05) is 25.3 Å². The van der Waals surface area contributed by atoms with Crippen LogP contribution in [0.5, 0.6) is 0 Å². The van der Waals surface area contributed by atoms with Gasteiger partial charge in [-0.2, -0.15) is 0 Å². The zero-order valence-electron chi connectivity index (χ0n) is 13.0. The maximum Gasteiger partial charge on any atom is 0.128 e. The fourth-order valence-electron chi connectivity index (χ4n) is 3.58. The zero-order chi connectivity index (χ0) is 14.7. The number of aliphatic hydroxyl groups excluding tert-OH is 1. The van der Waals surface area contributed by atoms with Crippen molar-refractivity contribution >= 4 is 5.82 Å². The smallest absolute Gasteiger partial charge is 0.128 e. The standard InChI is InChI=1S/C17H27N3O/c1-14(21)15-5-6-17(18-13-15)20-11-7-16(8-12-20)19-9-3-2-4-10-19/h5-6,13-14,16,21H,2-4,7-12H2,1H3. The Morgan fingerprint density at radius 3 is 2.38 bits per heavy atom. The van der Waals surface area contributed by atoms with Crippen LogP contribution in [-0.2, 0) is 0 Å². The van der Waals surface area contributed by atoms with Gasteiger partial charge >= 0.3 is 0 Å². The van der Waals surface area contributed by atoms with E-state index in [0.29, 0.717) is 0 Å². The van der Waals surface area contributed by atoms with E-state index >= 15 is 0 Å². The second kappa shape index (κ2) is 6.75. The molecule has 2 fully saturated rings. The van der Waals surface area contributed by atoms with Gasteiger partial charge in [-0.1, -0.05) is 12.5 Å². The molecule has 1 atom stereocenters. The molecule has 0 radical (unpaired) electrons. The molecule has 0 amide bonds. The highest BCUT2D eigenvalue weighted by molar-refractivity contribution is 5.40. The van der Waals surface area contributed by atoms with Crippen molar-refractivity contribution in [2.45, 2.75) is 51.2 Å². The Morgan fingerprint density at radius 2 is 1.81 bits per heavy atom. The summed E-state index contributed by atoms with van der Waals surface area (Å²) in [5, 5.41) is 9.54. The topological polar surface area (TPSA) is 39.6 Å². The maximum absolute atomic E-state index is 9.54. The molecule has 2 aliphatic rings. The molecule has 0 aromatic carbocycles. The van der Waals surface area contributed by atoms with E-state index in [4.69, 9.17) is 0 Å². The molecule has 4 heteroatoms. The Balaban J connectivity index is 1.55. The maximum atomic E-state index is 9.54. The van der Waals surface area contributed by atoms with Crippen LogP contribution >= 0.6 is 0 Å². The van der Waals surface area contributed by atoms with Crippen molar-refractivity contribution < 1.29 is 5.11 Å². The molecule has 4 nitrogen and oxygen atoms in total. The van der Waals surface area contributed by atoms with E-state index in [-0.39, 0.29) is 0 Å². The van der Waals surface area contributed by atoms with Crippen LogP contribution in [-0.4, -0.2) is 47.2 Å². The van der Waals surface area contributed by atoms with Crippen molar-refractivity contribution in [2.75, 3.05) is 31.1 Å². The Labute approximate surface area is 127 Å². The molecule has 0 saturated carbocycles. The number of rotatable bonds is 3. The van der Waals surface area contributed by atoms with E-state index in [9.17, 15) is 5.11 Å². The summed E-state index contributed by atoms with van der Waals surface area (Å²) in [6.45, 7) is 6.57. The normalized spacial score (nSPS) is 23.2. The van der Waals surface area contributed by atoms with Crippen molar-refractivity contribution in [1.82, 2.24) is 9.88 Å². The van der Waals surface area contributed by atoms with E-state index in [0.717, 1.165) is 30.5 Å². The van der Waals surface area contributed by atoms with Gasteiger partial charge in [0.15, 0.2) is 0 Å². The number of pyridine rings is 1. The van der Waals surface area contributed by atoms with E-state index in [1.165, 1.54) is 45.2 Å². The molecule has 3 rings (SSSR count). The highest BCUT2D eigenvalue weighted by Crippen LogP contribution is 2.24. The molecular weight excluding hydrogens is 262 g/mol. The number of likely N-dealkylation sites (tertiary alicyclic amines) is 1. The Kier molecular flexibility index (Phi) is 4.76. The van der Waals surface area contributed by atoms with Gasteiger partial charge in [0.2, 0.25) is 0 Å². The summed E-state index contributed by atoms with van der Waals surface area (Å²) in [5.74, 6) is 1.05. The average molecular weight is 289 g/mol. The molecule has 1 aromatic rings. The molecule has 2 saturated heterocycles. The zero-order valence-corrected chi connectivity index (χ0v) is 13.0. The molecule has 3 heterocycles. The first-order valence-corrected chi connectivity index (χ1v) is 8.37. The third-order valence-corrected chi connectivity index (χ3v) is 4.95. The SMILES string of the molecule is CC(O)c1ccc(N2CCC(N3CCCCC3)CC2)nc1. The van der Waals surface area contributed by atoms with Crippen molar-refractivity contribution in [3.63, 3.8) is 0 Å². The number of nitrogens with zero attached hydrogens (tertiary/aromatic N) is 3. The van der Waals surface area contributed by atoms with Crippen molar-refractivity contribution in [2.24, 2.45) is 0 Å². The first kappa shape index (κ1) is 14.8. The summed E-state index contributed by atoms with van der Waals surface area (Å²) in [6.07, 6.45) is 8.03. The molecule has 1 N–H and O–H groups in total. The van der Waals surface area contributed by atoms with Crippen LogP contribution in [0.2, 0.25) is 0 Å². The summed E-state index contributed by atoms with van der Waals surface area (Å²) in [6, 6.07) is 4.81. The summed E-state index contributed by atoms with van der Waals surface area (Å²) in [4.78, 5) is 9.59. The third-order valence-electron chi connectivity index (χ3n) is 4.95. The number of hydrogen-bond acceptors (Lipinski definition) is 4.